The van der Waals surface area contributed by atoms with Crippen LogP contribution in [0.15, 0.2) is 18.2 Å². The summed E-state index contributed by atoms with van der Waals surface area (Å²) in [7, 11) is 0. The first kappa shape index (κ1) is 16.6. The van der Waals surface area contributed by atoms with Gasteiger partial charge in [-0.3, -0.25) is 4.79 Å². The molecule has 0 fully saturated rings. The van der Waals surface area contributed by atoms with Gasteiger partial charge >= 0.3 is 5.97 Å². The molecule has 0 spiro atoms. The first-order valence-electron chi connectivity index (χ1n) is 6.81. The molecule has 0 amide bonds. The molecule has 1 aromatic carbocycles. The highest BCUT2D eigenvalue weighted by Gasteiger charge is 2.18. The highest BCUT2D eigenvalue weighted by atomic mass is 19.1. The van der Waals surface area contributed by atoms with Crippen molar-refractivity contribution in [3.05, 3.63) is 35.4 Å². The summed E-state index contributed by atoms with van der Waals surface area (Å²) < 4.78 is 26.8. The first-order chi connectivity index (χ1) is 9.45. The van der Waals surface area contributed by atoms with E-state index in [1.165, 1.54) is 18.2 Å². The number of hydrogen-bond donors (Lipinski definition) is 2. The molecule has 0 heterocycles. The SMILES string of the molecule is CC(CCCc1c(F)cccc1F)CC(CN)C(=O)O. The number of aliphatic carboxylic acids is 1. The Balaban J connectivity index is 2.42. The number of rotatable bonds is 8. The fourth-order valence-electron chi connectivity index (χ4n) is 2.30. The molecule has 1 rings (SSSR count). The van der Waals surface area contributed by atoms with E-state index in [9.17, 15) is 13.6 Å². The topological polar surface area (TPSA) is 63.3 Å². The standard InChI is InChI=1S/C15H21F2NO2/c1-10(8-11(9-18)15(19)20)4-2-5-12-13(16)6-3-7-14(12)17/h3,6-7,10-11H,2,4-5,8-9,18H2,1H3,(H,19,20). The van der Waals surface area contributed by atoms with E-state index in [1.54, 1.807) is 0 Å². The Labute approximate surface area is 117 Å². The van der Waals surface area contributed by atoms with Crippen molar-refractivity contribution in [3.63, 3.8) is 0 Å². The smallest absolute Gasteiger partial charge is 0.307 e. The highest BCUT2D eigenvalue weighted by Crippen LogP contribution is 2.20. The maximum atomic E-state index is 13.4. The van der Waals surface area contributed by atoms with E-state index in [0.29, 0.717) is 19.3 Å². The normalized spacial score (nSPS) is 14.0. The van der Waals surface area contributed by atoms with Crippen molar-refractivity contribution in [2.24, 2.45) is 17.6 Å². The quantitative estimate of drug-likeness (QED) is 0.772. The summed E-state index contributed by atoms with van der Waals surface area (Å²) in [5, 5.41) is 8.92. The molecule has 20 heavy (non-hydrogen) atoms. The number of hydrogen-bond acceptors (Lipinski definition) is 2. The Kier molecular flexibility index (Phi) is 6.58. The van der Waals surface area contributed by atoms with Gasteiger partial charge in [0.2, 0.25) is 0 Å². The Bertz CT molecular complexity index is 431. The zero-order valence-electron chi connectivity index (χ0n) is 11.6. The molecule has 0 radical (unpaired) electrons. The van der Waals surface area contributed by atoms with Crippen molar-refractivity contribution in [2.45, 2.75) is 32.6 Å². The fourth-order valence-corrected chi connectivity index (χ4v) is 2.30. The minimum atomic E-state index is -0.889. The number of carboxylic acid groups (broad SMARTS) is 1. The van der Waals surface area contributed by atoms with E-state index in [-0.39, 0.29) is 18.0 Å². The van der Waals surface area contributed by atoms with Crippen molar-refractivity contribution >= 4 is 5.97 Å². The number of benzene rings is 1. The first-order valence-corrected chi connectivity index (χ1v) is 6.81. The molecule has 5 heteroatoms. The average molecular weight is 285 g/mol. The van der Waals surface area contributed by atoms with Crippen LogP contribution in [0, 0.1) is 23.5 Å². The van der Waals surface area contributed by atoms with Gasteiger partial charge in [0, 0.05) is 12.1 Å². The maximum absolute atomic E-state index is 13.4. The Morgan fingerprint density at radius 2 is 1.95 bits per heavy atom. The molecule has 3 N–H and O–H groups in total. The highest BCUT2D eigenvalue weighted by molar-refractivity contribution is 5.70. The molecular formula is C15H21F2NO2. The zero-order chi connectivity index (χ0) is 15.1. The van der Waals surface area contributed by atoms with Crippen molar-refractivity contribution in [1.82, 2.24) is 0 Å². The molecule has 0 saturated carbocycles. The van der Waals surface area contributed by atoms with Gasteiger partial charge < -0.3 is 10.8 Å². The van der Waals surface area contributed by atoms with Crippen LogP contribution in [0.25, 0.3) is 0 Å². The fraction of sp³-hybridized carbons (Fsp3) is 0.533. The van der Waals surface area contributed by atoms with E-state index in [2.05, 4.69) is 0 Å². The molecule has 0 aliphatic rings. The Morgan fingerprint density at radius 1 is 1.35 bits per heavy atom. The molecule has 0 aromatic heterocycles. The summed E-state index contributed by atoms with van der Waals surface area (Å²) in [6.45, 7) is 2.05. The van der Waals surface area contributed by atoms with E-state index in [4.69, 9.17) is 10.8 Å². The summed E-state index contributed by atoms with van der Waals surface area (Å²) in [6.07, 6.45) is 2.16. The second-order valence-electron chi connectivity index (χ2n) is 5.20. The van der Waals surface area contributed by atoms with E-state index in [1.807, 2.05) is 6.92 Å². The number of carbonyl (C=O) groups is 1. The summed E-state index contributed by atoms with van der Waals surface area (Å²) in [5.74, 6) is -2.32. The minimum Gasteiger partial charge on any atom is -0.481 e. The predicted octanol–water partition coefficient (Wildman–Crippen LogP) is 2.97. The molecule has 0 aliphatic heterocycles. The number of carboxylic acids is 1. The largest absolute Gasteiger partial charge is 0.481 e. The lowest BCUT2D eigenvalue weighted by atomic mass is 9.91. The molecule has 2 atom stereocenters. The Morgan fingerprint density at radius 3 is 2.45 bits per heavy atom. The molecule has 0 aliphatic carbocycles. The molecule has 1 aromatic rings. The van der Waals surface area contributed by atoms with Gasteiger partial charge in [0.1, 0.15) is 11.6 Å². The Hall–Kier alpha value is -1.49. The van der Waals surface area contributed by atoms with E-state index >= 15 is 0 Å². The van der Waals surface area contributed by atoms with Crippen molar-refractivity contribution in [3.8, 4) is 0 Å². The van der Waals surface area contributed by atoms with Crippen LogP contribution in [0.5, 0.6) is 0 Å². The lowest BCUT2D eigenvalue weighted by molar-refractivity contribution is -0.141. The number of halogens is 2. The maximum Gasteiger partial charge on any atom is 0.307 e. The van der Waals surface area contributed by atoms with Crippen molar-refractivity contribution < 1.29 is 18.7 Å². The second kappa shape index (κ2) is 7.94. The molecule has 0 saturated heterocycles. The third kappa shape index (κ3) is 4.89. The van der Waals surface area contributed by atoms with Gasteiger partial charge in [0.25, 0.3) is 0 Å². The number of nitrogens with two attached hydrogens (primary N) is 1. The van der Waals surface area contributed by atoms with Gasteiger partial charge in [-0.15, -0.1) is 0 Å². The summed E-state index contributed by atoms with van der Waals surface area (Å²) in [5.41, 5.74) is 5.51. The summed E-state index contributed by atoms with van der Waals surface area (Å²) in [4.78, 5) is 10.9. The van der Waals surface area contributed by atoms with Gasteiger partial charge in [-0.05, 0) is 37.3 Å². The van der Waals surface area contributed by atoms with Crippen LogP contribution in [-0.2, 0) is 11.2 Å². The summed E-state index contributed by atoms with van der Waals surface area (Å²) >= 11 is 0. The van der Waals surface area contributed by atoms with E-state index in [0.717, 1.165) is 6.42 Å². The van der Waals surface area contributed by atoms with Crippen molar-refractivity contribution in [1.29, 1.82) is 0 Å². The molecule has 2 unspecified atom stereocenters. The summed E-state index contributed by atoms with van der Waals surface area (Å²) in [6, 6.07) is 3.84. The molecule has 0 bridgehead atoms. The van der Waals surface area contributed by atoms with Crippen LogP contribution >= 0.6 is 0 Å². The molecule has 3 nitrogen and oxygen atoms in total. The van der Waals surface area contributed by atoms with Crippen molar-refractivity contribution in [2.75, 3.05) is 6.54 Å². The lowest BCUT2D eigenvalue weighted by Crippen LogP contribution is -2.25. The van der Waals surface area contributed by atoms with Crippen LogP contribution < -0.4 is 5.73 Å². The lowest BCUT2D eigenvalue weighted by Gasteiger charge is -2.16. The minimum absolute atomic E-state index is 0.105. The van der Waals surface area contributed by atoms with Crippen LogP contribution in [-0.4, -0.2) is 17.6 Å². The monoisotopic (exact) mass is 285 g/mol. The molecule has 112 valence electrons. The third-order valence-corrected chi connectivity index (χ3v) is 3.51. The van der Waals surface area contributed by atoms with Gasteiger partial charge in [-0.25, -0.2) is 8.78 Å². The third-order valence-electron chi connectivity index (χ3n) is 3.51. The van der Waals surface area contributed by atoms with Gasteiger partial charge in [-0.1, -0.05) is 19.4 Å². The van der Waals surface area contributed by atoms with Crippen LogP contribution in [0.1, 0.15) is 31.7 Å². The van der Waals surface area contributed by atoms with Crippen LogP contribution in [0.4, 0.5) is 8.78 Å². The zero-order valence-corrected chi connectivity index (χ0v) is 11.6. The van der Waals surface area contributed by atoms with Crippen LogP contribution in [0.3, 0.4) is 0 Å². The van der Waals surface area contributed by atoms with Crippen LogP contribution in [0.2, 0.25) is 0 Å². The predicted molar refractivity (Wildman–Crippen MR) is 73.3 cm³/mol. The van der Waals surface area contributed by atoms with Gasteiger partial charge in [0.05, 0.1) is 5.92 Å². The van der Waals surface area contributed by atoms with E-state index < -0.39 is 23.5 Å². The average Bonchev–Trinajstić information content (AvgIpc) is 2.39. The van der Waals surface area contributed by atoms with Gasteiger partial charge in [0.15, 0.2) is 0 Å². The molecular weight excluding hydrogens is 264 g/mol. The van der Waals surface area contributed by atoms with Gasteiger partial charge in [-0.2, -0.15) is 0 Å². The second-order valence-corrected chi connectivity index (χ2v) is 5.20.